The number of amides is 1. The van der Waals surface area contributed by atoms with Crippen LogP contribution in [0, 0.1) is 6.92 Å². The summed E-state index contributed by atoms with van der Waals surface area (Å²) in [7, 11) is 3.27. The molecule has 0 aliphatic rings. The van der Waals surface area contributed by atoms with Crippen molar-refractivity contribution in [1.29, 1.82) is 0 Å². The number of imidazole rings is 1. The Morgan fingerprint density at radius 3 is 2.83 bits per heavy atom. The van der Waals surface area contributed by atoms with E-state index in [1.165, 1.54) is 0 Å². The molecule has 4 rings (SSSR count). The van der Waals surface area contributed by atoms with Gasteiger partial charge in [-0.15, -0.1) is 0 Å². The number of pyridine rings is 1. The fraction of sp³-hybridized carbons (Fsp3) is 0.182. The summed E-state index contributed by atoms with van der Waals surface area (Å²) < 4.78 is 5.29. The number of nitrogens with one attached hydrogen (secondary N) is 3. The average molecular weight is 402 g/mol. The van der Waals surface area contributed by atoms with Gasteiger partial charge < -0.3 is 20.0 Å². The van der Waals surface area contributed by atoms with Crippen LogP contribution in [0.25, 0.3) is 22.2 Å². The number of aromatic nitrogens is 4. The second kappa shape index (κ2) is 8.20. The number of aliphatic imine (C=N–C) groups is 1. The molecule has 0 spiro atoms. The first kappa shape index (κ1) is 19.4. The van der Waals surface area contributed by atoms with E-state index in [0.717, 1.165) is 39.1 Å². The predicted molar refractivity (Wildman–Crippen MR) is 115 cm³/mol. The lowest BCUT2D eigenvalue weighted by Gasteiger charge is -2.02. The van der Waals surface area contributed by atoms with Crippen molar-refractivity contribution in [1.82, 2.24) is 25.3 Å². The lowest BCUT2D eigenvalue weighted by Crippen LogP contribution is -2.24. The molecular formula is C22H22N6O2. The summed E-state index contributed by atoms with van der Waals surface area (Å²) in [5.74, 6) is 0.555. The van der Waals surface area contributed by atoms with Crippen LogP contribution in [0.15, 0.2) is 53.8 Å². The van der Waals surface area contributed by atoms with E-state index in [1.807, 2.05) is 43.3 Å². The minimum atomic E-state index is -0.262. The predicted octanol–water partition coefficient (Wildman–Crippen LogP) is 3.21. The van der Waals surface area contributed by atoms with E-state index >= 15 is 0 Å². The smallest absolute Gasteiger partial charge is 0.287 e. The molecular weight excluding hydrogens is 380 g/mol. The Kier molecular flexibility index (Phi) is 5.30. The van der Waals surface area contributed by atoms with Gasteiger partial charge in [-0.3, -0.25) is 14.8 Å². The van der Waals surface area contributed by atoms with E-state index in [9.17, 15) is 4.79 Å². The highest BCUT2D eigenvalue weighted by Crippen LogP contribution is 2.26. The number of carbonyl (C=O) groups excluding carboxylic acids is 1. The van der Waals surface area contributed by atoms with Gasteiger partial charge in [-0.2, -0.15) is 0 Å². The Balaban J connectivity index is 1.57. The molecule has 1 amide bonds. The summed E-state index contributed by atoms with van der Waals surface area (Å²) >= 11 is 0. The molecule has 0 aliphatic heterocycles. The third-order valence-corrected chi connectivity index (χ3v) is 4.80. The second-order valence-electron chi connectivity index (χ2n) is 6.82. The molecule has 152 valence electrons. The van der Waals surface area contributed by atoms with Crippen LogP contribution in [-0.2, 0) is 11.3 Å². The number of aromatic amines is 2. The zero-order valence-corrected chi connectivity index (χ0v) is 17.0. The first-order valence-electron chi connectivity index (χ1n) is 9.47. The lowest BCUT2D eigenvalue weighted by atomic mass is 10.1. The number of hydrogen-bond acceptors (Lipinski definition) is 5. The molecule has 0 bridgehead atoms. The van der Waals surface area contributed by atoms with Crippen LogP contribution in [-0.4, -0.2) is 45.9 Å². The maximum Gasteiger partial charge on any atom is 0.287 e. The summed E-state index contributed by atoms with van der Waals surface area (Å²) in [6.07, 6.45) is 3.42. The third-order valence-electron chi connectivity index (χ3n) is 4.80. The van der Waals surface area contributed by atoms with Gasteiger partial charge in [0.05, 0.1) is 12.8 Å². The highest BCUT2D eigenvalue weighted by atomic mass is 16.5. The number of methoxy groups -OCH3 is 1. The van der Waals surface area contributed by atoms with Crippen molar-refractivity contribution in [3.05, 3.63) is 71.6 Å². The average Bonchev–Trinajstić information content (AvgIpc) is 3.36. The Morgan fingerprint density at radius 1 is 1.23 bits per heavy atom. The summed E-state index contributed by atoms with van der Waals surface area (Å²) in [5, 5.41) is 3.87. The molecule has 3 heterocycles. The van der Waals surface area contributed by atoms with Crippen LogP contribution < -0.4 is 5.32 Å². The summed E-state index contributed by atoms with van der Waals surface area (Å²) in [4.78, 5) is 31.6. The van der Waals surface area contributed by atoms with Crippen LogP contribution in [0.5, 0.6) is 0 Å². The molecule has 0 saturated carbocycles. The molecule has 3 aromatic heterocycles. The molecule has 0 fully saturated rings. The molecule has 1 aromatic carbocycles. The first-order chi connectivity index (χ1) is 14.6. The summed E-state index contributed by atoms with van der Waals surface area (Å²) in [5.41, 5.74) is 5.18. The van der Waals surface area contributed by atoms with E-state index in [0.29, 0.717) is 12.4 Å². The fourth-order valence-corrected chi connectivity index (χ4v) is 3.33. The van der Waals surface area contributed by atoms with Crippen molar-refractivity contribution < 1.29 is 9.53 Å². The molecule has 0 atom stereocenters. The van der Waals surface area contributed by atoms with Gasteiger partial charge in [0.25, 0.3) is 5.91 Å². The summed E-state index contributed by atoms with van der Waals surface area (Å²) in [6, 6.07) is 11.7. The van der Waals surface area contributed by atoms with Crippen molar-refractivity contribution in [3.8, 4) is 11.3 Å². The van der Waals surface area contributed by atoms with Crippen molar-refractivity contribution in [2.24, 2.45) is 4.99 Å². The van der Waals surface area contributed by atoms with Gasteiger partial charge in [0.2, 0.25) is 5.90 Å². The molecule has 0 radical (unpaired) electrons. The number of H-pyrrole nitrogens is 2. The first-order valence-corrected chi connectivity index (χ1v) is 9.47. The minimum Gasteiger partial charge on any atom is -0.480 e. The quantitative estimate of drug-likeness (QED) is 0.352. The molecule has 30 heavy (non-hydrogen) atoms. The van der Waals surface area contributed by atoms with Gasteiger partial charge in [0.15, 0.2) is 5.82 Å². The number of hydrogen-bond donors (Lipinski definition) is 3. The molecule has 8 nitrogen and oxygen atoms in total. The monoisotopic (exact) mass is 402 g/mol. The van der Waals surface area contributed by atoms with E-state index in [-0.39, 0.29) is 11.7 Å². The van der Waals surface area contributed by atoms with Crippen LogP contribution in [0.2, 0.25) is 0 Å². The lowest BCUT2D eigenvalue weighted by molar-refractivity contribution is 0.0941. The Morgan fingerprint density at radius 2 is 2.10 bits per heavy atom. The SMILES string of the molecule is C/N=C(\OC)c1cc2cc(-c3nc(C(=O)NCc4cccnc4)[nH]c3C)ccc2[nH]1. The molecule has 0 saturated heterocycles. The number of fused-ring (bicyclic) bond motifs is 1. The van der Waals surface area contributed by atoms with Crippen LogP contribution in [0.3, 0.4) is 0 Å². The Labute approximate surface area is 173 Å². The molecule has 0 aliphatic carbocycles. The fourth-order valence-electron chi connectivity index (χ4n) is 3.33. The highest BCUT2D eigenvalue weighted by molar-refractivity contribution is 5.99. The minimum absolute atomic E-state index is 0.262. The van der Waals surface area contributed by atoms with Crippen molar-refractivity contribution >= 4 is 22.7 Å². The summed E-state index contributed by atoms with van der Waals surface area (Å²) in [6.45, 7) is 2.29. The van der Waals surface area contributed by atoms with E-state index in [4.69, 9.17) is 4.74 Å². The van der Waals surface area contributed by atoms with Gasteiger partial charge in [-0.25, -0.2) is 4.98 Å². The van der Waals surface area contributed by atoms with Crippen molar-refractivity contribution in [2.75, 3.05) is 14.2 Å². The number of rotatable bonds is 5. The van der Waals surface area contributed by atoms with E-state index in [2.05, 4.69) is 30.2 Å². The van der Waals surface area contributed by atoms with Crippen molar-refractivity contribution in [2.45, 2.75) is 13.5 Å². The molecule has 0 unspecified atom stereocenters. The number of ether oxygens (including phenoxy) is 1. The van der Waals surface area contributed by atoms with E-state index < -0.39 is 0 Å². The van der Waals surface area contributed by atoms with Gasteiger partial charge >= 0.3 is 0 Å². The molecule has 4 aromatic rings. The van der Waals surface area contributed by atoms with Crippen LogP contribution >= 0.6 is 0 Å². The number of carbonyl (C=O) groups is 1. The van der Waals surface area contributed by atoms with E-state index in [1.54, 1.807) is 26.6 Å². The maximum absolute atomic E-state index is 12.5. The van der Waals surface area contributed by atoms with Crippen molar-refractivity contribution in [3.63, 3.8) is 0 Å². The normalized spacial score (nSPS) is 11.6. The second-order valence-corrected chi connectivity index (χ2v) is 6.82. The number of benzene rings is 1. The number of aryl methyl sites for hydroxylation is 1. The van der Waals surface area contributed by atoms with Gasteiger partial charge in [-0.05, 0) is 36.8 Å². The zero-order chi connectivity index (χ0) is 21.1. The van der Waals surface area contributed by atoms with Gasteiger partial charge in [0, 0.05) is 48.1 Å². The Hall–Kier alpha value is -3.94. The maximum atomic E-state index is 12.5. The Bertz CT molecular complexity index is 1220. The van der Waals surface area contributed by atoms with Gasteiger partial charge in [-0.1, -0.05) is 12.1 Å². The largest absolute Gasteiger partial charge is 0.480 e. The zero-order valence-electron chi connectivity index (χ0n) is 17.0. The molecule has 3 N–H and O–H groups in total. The highest BCUT2D eigenvalue weighted by Gasteiger charge is 2.16. The van der Waals surface area contributed by atoms with Crippen LogP contribution in [0.4, 0.5) is 0 Å². The van der Waals surface area contributed by atoms with Crippen LogP contribution in [0.1, 0.15) is 27.6 Å². The van der Waals surface area contributed by atoms with Gasteiger partial charge in [0.1, 0.15) is 5.69 Å². The topological polar surface area (TPSA) is 108 Å². The number of nitrogens with zero attached hydrogens (tertiary/aromatic N) is 3. The standard InChI is InChI=1S/C22H22N6O2/c1-13-19(28-20(26-13)21(29)25-12-14-5-4-8-24-11-14)15-6-7-17-16(9-15)10-18(27-17)22(23-2)30-3/h4-11,27H,12H2,1-3H3,(H,25,29)(H,26,28)/b23-22-. The molecule has 8 heteroatoms. The third kappa shape index (κ3) is 3.80.